The Hall–Kier alpha value is -0.540. The van der Waals surface area contributed by atoms with Gasteiger partial charge in [-0.15, -0.1) is 0 Å². The topological polar surface area (TPSA) is 20.3 Å². The van der Waals surface area contributed by atoms with E-state index in [0.717, 1.165) is 23.9 Å². The molecular formula is C14H19BrClNO. The van der Waals surface area contributed by atoms with E-state index in [1.54, 1.807) is 6.07 Å². The van der Waals surface area contributed by atoms with Crippen LogP contribution < -0.4 is 0 Å². The number of nitrogens with zero attached hydrogens (tertiary/aromatic N) is 1. The fourth-order valence-electron chi connectivity index (χ4n) is 1.85. The molecule has 1 aromatic carbocycles. The van der Waals surface area contributed by atoms with Gasteiger partial charge in [-0.05, 0) is 51.0 Å². The molecule has 2 nitrogen and oxygen atoms in total. The number of alkyl halides is 1. The molecule has 0 N–H and O–H groups in total. The molecule has 4 heteroatoms. The molecule has 18 heavy (non-hydrogen) atoms. The zero-order chi connectivity index (χ0) is 13.7. The van der Waals surface area contributed by atoms with Crippen LogP contribution in [0.1, 0.15) is 36.2 Å². The third kappa shape index (κ3) is 4.29. The van der Waals surface area contributed by atoms with Crippen molar-refractivity contribution >= 4 is 33.4 Å². The van der Waals surface area contributed by atoms with Crippen LogP contribution >= 0.6 is 27.5 Å². The van der Waals surface area contributed by atoms with Crippen LogP contribution in [0.5, 0.6) is 0 Å². The van der Waals surface area contributed by atoms with Gasteiger partial charge in [-0.25, -0.2) is 0 Å². The fraction of sp³-hybridized carbons (Fsp3) is 0.500. The van der Waals surface area contributed by atoms with E-state index in [-0.39, 0.29) is 11.9 Å². The van der Waals surface area contributed by atoms with Crippen molar-refractivity contribution < 1.29 is 4.79 Å². The number of amides is 1. The summed E-state index contributed by atoms with van der Waals surface area (Å²) in [6.45, 7) is 6.77. The first-order valence-electron chi connectivity index (χ1n) is 6.10. The zero-order valence-corrected chi connectivity index (χ0v) is 13.4. The summed E-state index contributed by atoms with van der Waals surface area (Å²) in [5.74, 6) is 0.0524. The van der Waals surface area contributed by atoms with E-state index in [0.29, 0.717) is 10.6 Å². The molecule has 100 valence electrons. The third-order valence-electron chi connectivity index (χ3n) is 2.71. The average molecular weight is 333 g/mol. The molecule has 1 rings (SSSR count). The smallest absolute Gasteiger partial charge is 0.254 e. The second-order valence-electron chi connectivity index (χ2n) is 4.65. The van der Waals surface area contributed by atoms with Crippen LogP contribution in [0, 0.1) is 6.92 Å². The maximum Gasteiger partial charge on any atom is 0.254 e. The maximum atomic E-state index is 12.4. The molecule has 0 unspecified atom stereocenters. The molecule has 0 spiro atoms. The second-order valence-corrected chi connectivity index (χ2v) is 5.88. The summed E-state index contributed by atoms with van der Waals surface area (Å²) in [6.07, 6.45) is 0.948. The summed E-state index contributed by atoms with van der Waals surface area (Å²) in [7, 11) is 0. The number of carbonyl (C=O) groups is 1. The van der Waals surface area contributed by atoms with E-state index in [9.17, 15) is 4.79 Å². The van der Waals surface area contributed by atoms with Gasteiger partial charge in [-0.2, -0.15) is 0 Å². The van der Waals surface area contributed by atoms with Crippen LogP contribution in [-0.4, -0.2) is 28.7 Å². The summed E-state index contributed by atoms with van der Waals surface area (Å²) in [4.78, 5) is 14.3. The molecule has 0 atom stereocenters. The van der Waals surface area contributed by atoms with Gasteiger partial charge in [0.05, 0.1) is 0 Å². The molecule has 0 aliphatic carbocycles. The second kappa shape index (κ2) is 7.15. The number of rotatable bonds is 5. The third-order valence-corrected chi connectivity index (χ3v) is 3.48. The molecule has 1 amide bonds. The summed E-state index contributed by atoms with van der Waals surface area (Å²) >= 11 is 9.40. The SMILES string of the molecule is Cc1cc(Cl)cc(C(=O)N(CCCBr)C(C)C)c1. The number of halogens is 2. The van der Waals surface area contributed by atoms with Crippen molar-refractivity contribution in [2.24, 2.45) is 0 Å². The van der Waals surface area contributed by atoms with Crippen LogP contribution in [0.4, 0.5) is 0 Å². The van der Waals surface area contributed by atoms with Gasteiger partial charge < -0.3 is 4.90 Å². The molecule has 0 radical (unpaired) electrons. The lowest BCUT2D eigenvalue weighted by Gasteiger charge is -2.26. The lowest BCUT2D eigenvalue weighted by molar-refractivity contribution is 0.0706. The van der Waals surface area contributed by atoms with Crippen LogP contribution in [0.2, 0.25) is 5.02 Å². The molecule has 1 aromatic rings. The van der Waals surface area contributed by atoms with E-state index in [1.165, 1.54) is 0 Å². The minimum absolute atomic E-state index is 0.0524. The van der Waals surface area contributed by atoms with Gasteiger partial charge in [0.25, 0.3) is 5.91 Å². The highest BCUT2D eigenvalue weighted by Gasteiger charge is 2.18. The molecular weight excluding hydrogens is 314 g/mol. The van der Waals surface area contributed by atoms with Crippen LogP contribution in [-0.2, 0) is 0 Å². The number of benzene rings is 1. The van der Waals surface area contributed by atoms with E-state index < -0.39 is 0 Å². The minimum Gasteiger partial charge on any atom is -0.336 e. The maximum absolute atomic E-state index is 12.4. The highest BCUT2D eigenvalue weighted by atomic mass is 79.9. The van der Waals surface area contributed by atoms with Gasteiger partial charge in [0.1, 0.15) is 0 Å². The molecule has 0 heterocycles. The molecule has 0 aromatic heterocycles. The van der Waals surface area contributed by atoms with E-state index >= 15 is 0 Å². The molecule has 0 aliphatic rings. The quantitative estimate of drug-likeness (QED) is 0.737. The zero-order valence-electron chi connectivity index (χ0n) is 11.0. The Labute approximate surface area is 122 Å². The van der Waals surface area contributed by atoms with Crippen LogP contribution in [0.25, 0.3) is 0 Å². The first-order valence-corrected chi connectivity index (χ1v) is 7.59. The first-order chi connectivity index (χ1) is 8.45. The summed E-state index contributed by atoms with van der Waals surface area (Å²) in [6, 6.07) is 5.67. The Kier molecular flexibility index (Phi) is 6.16. The Morgan fingerprint density at radius 1 is 1.39 bits per heavy atom. The lowest BCUT2D eigenvalue weighted by atomic mass is 10.1. The molecule has 0 fully saturated rings. The summed E-state index contributed by atoms with van der Waals surface area (Å²) in [5, 5.41) is 1.51. The van der Waals surface area contributed by atoms with Gasteiger partial charge in [0.2, 0.25) is 0 Å². The number of carbonyl (C=O) groups excluding carboxylic acids is 1. The minimum atomic E-state index is 0.0524. The van der Waals surface area contributed by atoms with E-state index in [2.05, 4.69) is 15.9 Å². The monoisotopic (exact) mass is 331 g/mol. The summed E-state index contributed by atoms with van der Waals surface area (Å²) < 4.78 is 0. The lowest BCUT2D eigenvalue weighted by Crippen LogP contribution is -2.37. The average Bonchev–Trinajstić information content (AvgIpc) is 2.27. The van der Waals surface area contributed by atoms with Gasteiger partial charge in [0, 0.05) is 28.5 Å². The largest absolute Gasteiger partial charge is 0.336 e. The van der Waals surface area contributed by atoms with Crippen LogP contribution in [0.15, 0.2) is 18.2 Å². The summed E-state index contributed by atoms with van der Waals surface area (Å²) in [5.41, 5.74) is 1.68. The van der Waals surface area contributed by atoms with E-state index in [4.69, 9.17) is 11.6 Å². The van der Waals surface area contributed by atoms with Crippen molar-refractivity contribution in [1.29, 1.82) is 0 Å². The van der Waals surface area contributed by atoms with Crippen LogP contribution in [0.3, 0.4) is 0 Å². The standard InChI is InChI=1S/C14H19BrClNO/c1-10(2)17(6-4-5-15)14(18)12-7-11(3)8-13(16)9-12/h7-10H,4-6H2,1-3H3. The Morgan fingerprint density at radius 2 is 2.06 bits per heavy atom. The number of aryl methyl sites for hydroxylation is 1. The predicted molar refractivity (Wildman–Crippen MR) is 80.8 cm³/mol. The van der Waals surface area contributed by atoms with Gasteiger partial charge in [-0.3, -0.25) is 4.79 Å². The Balaban J connectivity index is 2.94. The molecule has 0 saturated heterocycles. The molecule has 0 bridgehead atoms. The Bertz CT molecular complexity index is 400. The highest BCUT2D eigenvalue weighted by Crippen LogP contribution is 2.17. The predicted octanol–water partition coefficient (Wildman–Crippen LogP) is 4.28. The normalized spacial score (nSPS) is 10.8. The van der Waals surface area contributed by atoms with Crippen molar-refractivity contribution in [3.8, 4) is 0 Å². The Morgan fingerprint density at radius 3 is 2.56 bits per heavy atom. The number of hydrogen-bond donors (Lipinski definition) is 0. The molecule has 0 aliphatic heterocycles. The fourth-order valence-corrected chi connectivity index (χ4v) is 2.39. The van der Waals surface area contributed by atoms with Gasteiger partial charge >= 0.3 is 0 Å². The van der Waals surface area contributed by atoms with Crippen molar-refractivity contribution in [1.82, 2.24) is 4.90 Å². The van der Waals surface area contributed by atoms with Crippen molar-refractivity contribution in [2.75, 3.05) is 11.9 Å². The number of hydrogen-bond acceptors (Lipinski definition) is 1. The van der Waals surface area contributed by atoms with Gasteiger partial charge in [0.15, 0.2) is 0 Å². The van der Waals surface area contributed by atoms with Crippen molar-refractivity contribution in [2.45, 2.75) is 33.2 Å². The van der Waals surface area contributed by atoms with E-state index in [1.807, 2.05) is 37.8 Å². The highest BCUT2D eigenvalue weighted by molar-refractivity contribution is 9.09. The van der Waals surface area contributed by atoms with Crippen molar-refractivity contribution in [3.63, 3.8) is 0 Å². The molecule has 0 saturated carbocycles. The van der Waals surface area contributed by atoms with Gasteiger partial charge in [-0.1, -0.05) is 27.5 Å². The first kappa shape index (κ1) is 15.5. The van der Waals surface area contributed by atoms with Crippen molar-refractivity contribution in [3.05, 3.63) is 34.3 Å².